The van der Waals surface area contributed by atoms with Gasteiger partial charge < -0.3 is 57.5 Å². The Morgan fingerprint density at radius 1 is 0.643 bits per heavy atom. The molecule has 0 saturated carbocycles. The maximum absolute atomic E-state index is 13.8. The quantitative estimate of drug-likeness (QED) is 0.0433. The Hall–Kier alpha value is -3.93. The van der Waals surface area contributed by atoms with E-state index in [-0.39, 0.29) is 81.6 Å². The summed E-state index contributed by atoms with van der Waals surface area (Å²) >= 11 is 0. The van der Waals surface area contributed by atoms with E-state index in [1.165, 1.54) is 20.8 Å². The summed E-state index contributed by atoms with van der Waals surface area (Å²) in [5.41, 5.74) is 0.642. The molecule has 2 rings (SSSR count). The molecule has 1 aromatic rings. The number of aliphatic hydroxyl groups is 3. The van der Waals surface area contributed by atoms with Crippen LogP contribution in [0.1, 0.15) is 64.9 Å². The van der Waals surface area contributed by atoms with Crippen LogP contribution in [0, 0.1) is 0 Å². The number of amides is 6. The normalized spacial score (nSPS) is 22.2. The molecule has 22 heteroatoms. The van der Waals surface area contributed by atoms with Gasteiger partial charge in [-0.15, -0.1) is 0 Å². The number of benzene rings is 1. The third kappa shape index (κ3) is 18.8. The van der Waals surface area contributed by atoms with Crippen molar-refractivity contribution in [3.05, 3.63) is 35.9 Å². The van der Waals surface area contributed by atoms with Crippen molar-refractivity contribution in [1.29, 1.82) is 0 Å². The fourth-order valence-corrected chi connectivity index (χ4v) is 5.29. The Labute approximate surface area is 335 Å². The SMILES string of the molecule is CC(O)N(O)CCC[C@@H]1NC(=O)C=NC(=O)[C@@H](Cc2ccccc2)NC(=O)CNC(=O)[C@H](CCCN(O)C(C)O)NC(=O)[C@H](CCCN(O)C(C)O)NC1=O.[Fe]. The third-order valence-corrected chi connectivity index (χ3v) is 8.48. The molecule has 21 nitrogen and oxygen atoms in total. The summed E-state index contributed by atoms with van der Waals surface area (Å²) in [6.07, 6.45) is -3.37. The second kappa shape index (κ2) is 26.1. The molecule has 7 atom stereocenters. The first-order chi connectivity index (χ1) is 26.0. The van der Waals surface area contributed by atoms with Gasteiger partial charge in [0.25, 0.3) is 11.8 Å². The Balaban J connectivity index is 0.0000157. The molecule has 56 heavy (non-hydrogen) atoms. The summed E-state index contributed by atoms with van der Waals surface area (Å²) in [4.78, 5) is 83.9. The molecular weight excluding hydrogens is 782 g/mol. The topological polar surface area (TPSA) is 306 Å². The Bertz CT molecular complexity index is 1440. The molecule has 0 aliphatic carbocycles. The molecule has 0 fully saturated rings. The van der Waals surface area contributed by atoms with Gasteiger partial charge in [0.05, 0.1) is 12.8 Å². The van der Waals surface area contributed by atoms with Crippen molar-refractivity contribution in [1.82, 2.24) is 41.8 Å². The summed E-state index contributed by atoms with van der Waals surface area (Å²) in [7, 11) is 0. The molecule has 0 bridgehead atoms. The van der Waals surface area contributed by atoms with E-state index in [4.69, 9.17) is 0 Å². The van der Waals surface area contributed by atoms with E-state index >= 15 is 0 Å². The number of nitrogens with zero attached hydrogens (tertiary/aromatic N) is 4. The molecule has 6 amide bonds. The second-order valence-corrected chi connectivity index (χ2v) is 13.1. The van der Waals surface area contributed by atoms with E-state index < -0.39 is 84.8 Å². The standard InChI is InChI=1S/C34H55N9O12.Fe/c1-21(44)41(53)15-7-12-25-31(49)35-20-30(48)38-28(18-24-10-5-4-6-11-24)32(50)36-19-29(47)37-26(13-8-16-42(54)22(2)45)33(51)40-27(34(52)39-25)14-9-17-43(55)23(3)46;/h4-6,10-11,19,21-23,25-28,44-46,53-55H,7-9,12-18,20H2,1-3H3,(H,35,49)(H,37,47)(H,38,48)(H,39,52)(H,40,51);/t21?,22?,23?,25-,26-,27-,28+;/m0./s1. The molecular formula is C34H55FeN9O12. The molecule has 1 heterocycles. The number of hydrogen-bond donors (Lipinski definition) is 11. The van der Waals surface area contributed by atoms with E-state index in [1.807, 2.05) is 0 Å². The third-order valence-electron chi connectivity index (χ3n) is 8.48. The maximum Gasteiger partial charge on any atom is 0.268 e. The average molecular weight is 838 g/mol. The van der Waals surface area contributed by atoms with Gasteiger partial charge in [-0.2, -0.15) is 15.2 Å². The summed E-state index contributed by atoms with van der Waals surface area (Å²) in [6, 6.07) is 3.20. The molecule has 1 aliphatic heterocycles. The van der Waals surface area contributed by atoms with Gasteiger partial charge in [-0.3, -0.25) is 28.8 Å². The first kappa shape index (κ1) is 50.1. The van der Waals surface area contributed by atoms with Crippen LogP contribution in [0.25, 0.3) is 0 Å². The van der Waals surface area contributed by atoms with Crippen molar-refractivity contribution in [2.24, 2.45) is 4.99 Å². The van der Waals surface area contributed by atoms with E-state index in [1.54, 1.807) is 30.3 Å². The van der Waals surface area contributed by atoms with Crippen LogP contribution in [-0.4, -0.2) is 157 Å². The Morgan fingerprint density at radius 3 is 1.52 bits per heavy atom. The molecule has 3 unspecified atom stereocenters. The smallest absolute Gasteiger partial charge is 0.268 e. The molecule has 0 aromatic heterocycles. The van der Waals surface area contributed by atoms with Crippen molar-refractivity contribution in [3.8, 4) is 0 Å². The zero-order valence-electron chi connectivity index (χ0n) is 31.6. The average Bonchev–Trinajstić information content (AvgIpc) is 3.13. The van der Waals surface area contributed by atoms with Crippen LogP contribution in [0.3, 0.4) is 0 Å². The van der Waals surface area contributed by atoms with Crippen LogP contribution in [0.15, 0.2) is 35.3 Å². The minimum Gasteiger partial charge on any atom is -0.377 e. The zero-order valence-corrected chi connectivity index (χ0v) is 32.7. The minimum atomic E-state index is -1.39. The van der Waals surface area contributed by atoms with E-state index in [9.17, 15) is 59.7 Å². The maximum atomic E-state index is 13.8. The number of carbonyl (C=O) groups excluding carboxylic acids is 6. The fraction of sp³-hybridized carbons (Fsp3) is 0.618. The number of aliphatic imine (C=N–C) groups is 1. The largest absolute Gasteiger partial charge is 0.377 e. The number of carbonyl (C=O) groups is 6. The van der Waals surface area contributed by atoms with E-state index in [0.29, 0.717) is 27.0 Å². The van der Waals surface area contributed by atoms with Crippen molar-refractivity contribution in [2.75, 3.05) is 26.2 Å². The van der Waals surface area contributed by atoms with Gasteiger partial charge in [-0.25, -0.2) is 4.99 Å². The van der Waals surface area contributed by atoms with Gasteiger partial charge in [0.15, 0.2) is 0 Å². The van der Waals surface area contributed by atoms with E-state index in [2.05, 4.69) is 31.6 Å². The fourth-order valence-electron chi connectivity index (χ4n) is 5.29. The van der Waals surface area contributed by atoms with Gasteiger partial charge in [-0.05, 0) is 64.9 Å². The first-order valence-electron chi connectivity index (χ1n) is 18.0. The number of hydrogen-bond acceptors (Lipinski definition) is 15. The second-order valence-electron chi connectivity index (χ2n) is 13.1. The predicted molar refractivity (Wildman–Crippen MR) is 193 cm³/mol. The van der Waals surface area contributed by atoms with Crippen LogP contribution in [-0.2, 0) is 52.3 Å². The van der Waals surface area contributed by atoms with Crippen LogP contribution in [0.4, 0.5) is 0 Å². The van der Waals surface area contributed by atoms with Gasteiger partial charge in [0.1, 0.15) is 42.9 Å². The molecule has 1 aromatic carbocycles. The Kier molecular flexibility index (Phi) is 23.3. The monoisotopic (exact) mass is 837 g/mol. The summed E-state index contributed by atoms with van der Waals surface area (Å²) in [5.74, 6) is -5.26. The molecule has 1 aliphatic rings. The zero-order chi connectivity index (χ0) is 41.1. The van der Waals surface area contributed by atoms with Gasteiger partial charge >= 0.3 is 0 Å². The van der Waals surface area contributed by atoms with Gasteiger partial charge in [0.2, 0.25) is 23.6 Å². The van der Waals surface area contributed by atoms with Crippen LogP contribution >= 0.6 is 0 Å². The van der Waals surface area contributed by atoms with Gasteiger partial charge in [-0.1, -0.05) is 30.3 Å². The number of aliphatic hydroxyl groups excluding tert-OH is 3. The first-order valence-corrected chi connectivity index (χ1v) is 18.0. The predicted octanol–water partition coefficient (Wildman–Crippen LogP) is -2.68. The molecule has 316 valence electrons. The summed E-state index contributed by atoms with van der Waals surface area (Å²) in [5, 5.41) is 73.0. The van der Waals surface area contributed by atoms with Crippen LogP contribution in [0.2, 0.25) is 0 Å². The van der Waals surface area contributed by atoms with Crippen molar-refractivity contribution >= 4 is 41.7 Å². The Morgan fingerprint density at radius 2 is 1.07 bits per heavy atom. The van der Waals surface area contributed by atoms with Crippen molar-refractivity contribution in [2.45, 2.75) is 109 Å². The number of nitrogens with one attached hydrogen (secondary N) is 5. The van der Waals surface area contributed by atoms with E-state index in [0.717, 1.165) is 0 Å². The van der Waals surface area contributed by atoms with Crippen LogP contribution in [0.5, 0.6) is 0 Å². The summed E-state index contributed by atoms with van der Waals surface area (Å²) < 4.78 is 0. The molecule has 11 N–H and O–H groups in total. The summed E-state index contributed by atoms with van der Waals surface area (Å²) in [6.45, 7) is 2.91. The molecule has 0 radical (unpaired) electrons. The number of rotatable bonds is 17. The van der Waals surface area contributed by atoms with Crippen molar-refractivity contribution in [3.63, 3.8) is 0 Å². The number of hydroxylamine groups is 6. The molecule has 0 spiro atoms. The van der Waals surface area contributed by atoms with Crippen LogP contribution < -0.4 is 26.6 Å². The van der Waals surface area contributed by atoms with Gasteiger partial charge in [0, 0.05) is 43.1 Å². The molecule has 0 saturated heterocycles. The minimum absolute atomic E-state index is 0. The van der Waals surface area contributed by atoms with Crippen molar-refractivity contribution < 1.29 is 76.8 Å².